The molecule has 0 fully saturated rings. The molecule has 0 aliphatic rings. The van der Waals surface area contributed by atoms with E-state index in [1.807, 2.05) is 0 Å². The summed E-state index contributed by atoms with van der Waals surface area (Å²) < 4.78 is 2.90. The molecule has 0 nitrogen and oxygen atoms in total. The summed E-state index contributed by atoms with van der Waals surface area (Å²) >= 11 is -0.927. The zero-order chi connectivity index (χ0) is 10.5. The Balaban J connectivity index is 0. The van der Waals surface area contributed by atoms with Crippen LogP contribution in [0.15, 0.2) is 0 Å². The van der Waals surface area contributed by atoms with Gasteiger partial charge in [-0.1, -0.05) is 0 Å². The van der Waals surface area contributed by atoms with Gasteiger partial charge in [-0.2, -0.15) is 0 Å². The van der Waals surface area contributed by atoms with Crippen LogP contribution in [0.1, 0.15) is 39.5 Å². The average Bonchev–Trinajstić information content (AvgIpc) is 2.12. The second-order valence-electron chi connectivity index (χ2n) is 3.25. The Kier molecular flexibility index (Phi) is 21.5. The summed E-state index contributed by atoms with van der Waals surface area (Å²) in [7, 11) is 5.46. The van der Waals surface area contributed by atoms with Crippen LogP contribution in [0.4, 0.5) is 0 Å². The van der Waals surface area contributed by atoms with Crippen molar-refractivity contribution in [3.8, 4) is 0 Å². The van der Waals surface area contributed by atoms with Crippen LogP contribution in [0, 0.1) is 0 Å². The Morgan fingerprint density at radius 2 is 1.31 bits per heavy atom. The molecule has 0 atom stereocenters. The minimum atomic E-state index is -1.16. The molecule has 0 bridgehead atoms. The molecule has 0 heterocycles. The van der Waals surface area contributed by atoms with Crippen molar-refractivity contribution in [1.82, 2.24) is 0 Å². The normalized spacial score (nSPS) is 8.92. The first-order chi connectivity index (χ1) is 6.22. The van der Waals surface area contributed by atoms with Gasteiger partial charge in [-0.25, -0.2) is 0 Å². The zero-order valence-corrected chi connectivity index (χ0v) is 16.2. The van der Waals surface area contributed by atoms with Gasteiger partial charge < -0.3 is 0 Å². The summed E-state index contributed by atoms with van der Waals surface area (Å²) in [6.45, 7) is 4.51. The van der Waals surface area contributed by atoms with Gasteiger partial charge in [-0.3, -0.25) is 0 Å². The predicted octanol–water partition coefficient (Wildman–Crippen LogP) is 4.56. The summed E-state index contributed by atoms with van der Waals surface area (Å²) in [6, 6.07) is 0. The first-order valence-electron chi connectivity index (χ1n) is 5.33. The molecule has 2 radical (unpaired) electrons. The monoisotopic (exact) mass is 416 g/mol. The topological polar surface area (TPSA) is 0 Å². The molecule has 0 N–H and O–H groups in total. The Hall–Kier alpha value is 1.82. The van der Waals surface area contributed by atoms with Crippen molar-refractivity contribution in [3.05, 3.63) is 0 Å². The van der Waals surface area contributed by atoms with Gasteiger partial charge in [0.2, 0.25) is 0 Å². The summed E-state index contributed by atoms with van der Waals surface area (Å²) in [5.41, 5.74) is 0. The maximum atomic E-state index is 5.46. The fraction of sp³-hybridized carbons (Fsp3) is 1.00. The third kappa shape index (κ3) is 20.0. The van der Waals surface area contributed by atoms with Gasteiger partial charge in [0.15, 0.2) is 0 Å². The van der Waals surface area contributed by atoms with E-state index in [4.69, 9.17) is 9.29 Å². The second-order valence-corrected chi connectivity index (χ2v) is 15.9. The summed E-state index contributed by atoms with van der Waals surface area (Å²) in [5.74, 6) is 0. The van der Waals surface area contributed by atoms with E-state index in [1.54, 1.807) is 0 Å². The van der Waals surface area contributed by atoms with Crippen LogP contribution < -0.4 is 0 Å². The van der Waals surface area contributed by atoms with Gasteiger partial charge in [0.1, 0.15) is 0 Å². The van der Waals surface area contributed by atoms with E-state index in [9.17, 15) is 0 Å². The van der Waals surface area contributed by atoms with Gasteiger partial charge in [0.25, 0.3) is 0 Å². The van der Waals surface area contributed by atoms with Crippen LogP contribution in [-0.2, 0) is 0 Å². The molecule has 0 spiro atoms. The third-order valence-corrected chi connectivity index (χ3v) is 9.56. The van der Waals surface area contributed by atoms with Crippen molar-refractivity contribution in [2.24, 2.45) is 0 Å². The molecule has 0 aliphatic carbocycles. The molecule has 0 aliphatic heterocycles. The predicted molar refractivity (Wildman–Crippen MR) is 70.3 cm³/mol. The van der Waals surface area contributed by atoms with E-state index in [-0.39, 0.29) is 21.1 Å². The average molecular weight is 414 g/mol. The standard InChI is InChI=1S/2C4H9.2CH3.S.2Sn/c2*1-3-4-2;;;;;/h2*1,3-4H2,2H3;2*1H3;;;. The van der Waals surface area contributed by atoms with E-state index in [1.165, 1.54) is 34.6 Å². The summed E-state index contributed by atoms with van der Waals surface area (Å²) in [4.78, 5) is 4.59. The van der Waals surface area contributed by atoms with Gasteiger partial charge >= 0.3 is 107 Å². The molecule has 78 valence electrons. The second kappa shape index (κ2) is 16.3. The van der Waals surface area contributed by atoms with Crippen LogP contribution in [-0.4, -0.2) is 39.0 Å². The number of hydrogen-bond donors (Lipinski definition) is 0. The van der Waals surface area contributed by atoms with Crippen LogP contribution in [0.5, 0.6) is 0 Å². The SMILES string of the molecule is CCC[CH2][Sn](=[S])[CH2]CCC.[CH3][Sn][CH3]. The maximum absolute atomic E-state index is 5.46. The van der Waals surface area contributed by atoms with Gasteiger partial charge in [0, 0.05) is 0 Å². The van der Waals surface area contributed by atoms with E-state index < -0.39 is 17.8 Å². The van der Waals surface area contributed by atoms with Crippen molar-refractivity contribution in [2.75, 3.05) is 0 Å². The van der Waals surface area contributed by atoms with Crippen molar-refractivity contribution < 1.29 is 0 Å². The molecule has 0 unspecified atom stereocenters. The molecule has 13 heavy (non-hydrogen) atoms. The molecule has 0 aromatic heterocycles. The molecule has 0 saturated carbocycles. The summed E-state index contributed by atoms with van der Waals surface area (Å²) in [6.07, 6.45) is 5.49. The van der Waals surface area contributed by atoms with Gasteiger partial charge in [-0.15, -0.1) is 0 Å². The number of hydrogen-bond acceptors (Lipinski definition) is 1. The zero-order valence-electron chi connectivity index (χ0n) is 9.65. The van der Waals surface area contributed by atoms with Gasteiger partial charge in [-0.05, 0) is 0 Å². The van der Waals surface area contributed by atoms with Crippen molar-refractivity contribution in [2.45, 2.75) is 58.3 Å². The quantitative estimate of drug-likeness (QED) is 0.575. The fourth-order valence-electron chi connectivity index (χ4n) is 0.873. The van der Waals surface area contributed by atoms with E-state index in [2.05, 4.69) is 23.7 Å². The Morgan fingerprint density at radius 3 is 1.54 bits per heavy atom. The van der Waals surface area contributed by atoms with Crippen LogP contribution in [0.25, 0.3) is 0 Å². The first-order valence-corrected chi connectivity index (χ1v) is 19.0. The third-order valence-electron chi connectivity index (χ3n) is 1.62. The summed E-state index contributed by atoms with van der Waals surface area (Å²) in [5, 5.41) is 0. The molecular weight excluding hydrogens is 390 g/mol. The van der Waals surface area contributed by atoms with Crippen LogP contribution >= 0.6 is 9.29 Å². The van der Waals surface area contributed by atoms with E-state index in [0.29, 0.717) is 0 Å². The van der Waals surface area contributed by atoms with Crippen LogP contribution in [0.2, 0.25) is 18.8 Å². The Morgan fingerprint density at radius 1 is 1.00 bits per heavy atom. The minimum absolute atomic E-state index is 0.230. The Bertz CT molecular complexity index is 95.1. The molecule has 0 saturated heterocycles. The fourth-order valence-corrected chi connectivity index (χ4v) is 7.79. The molecule has 0 rings (SSSR count). The molecular formula is C10H24SSn2. The Labute approximate surface area is 105 Å². The first kappa shape index (κ1) is 17.2. The van der Waals surface area contributed by atoms with E-state index in [0.717, 1.165) is 0 Å². The van der Waals surface area contributed by atoms with Crippen molar-refractivity contribution in [3.63, 3.8) is 0 Å². The molecule has 3 heteroatoms. The van der Waals surface area contributed by atoms with Gasteiger partial charge in [0.05, 0.1) is 0 Å². The van der Waals surface area contributed by atoms with Crippen molar-refractivity contribution >= 4 is 48.2 Å². The number of rotatable bonds is 6. The van der Waals surface area contributed by atoms with Crippen LogP contribution in [0.3, 0.4) is 0 Å². The molecule has 0 aromatic rings. The molecule has 0 amide bonds. The number of unbranched alkanes of at least 4 members (excludes halogenated alkanes) is 2. The van der Waals surface area contributed by atoms with Crippen molar-refractivity contribution in [1.29, 1.82) is 0 Å². The van der Waals surface area contributed by atoms with E-state index >= 15 is 0 Å². The molecule has 0 aromatic carbocycles.